The van der Waals surface area contributed by atoms with Gasteiger partial charge in [-0.1, -0.05) is 48.9 Å². The monoisotopic (exact) mass is 344 g/mol. The minimum Gasteiger partial charge on any atom is -0.324 e. The van der Waals surface area contributed by atoms with E-state index in [1.807, 2.05) is 30.3 Å². The molecular formula is C20H20N6. The molecule has 0 spiro atoms. The van der Waals surface area contributed by atoms with Gasteiger partial charge in [0.15, 0.2) is 5.65 Å². The smallest absolute Gasteiger partial charge is 0.265 e. The van der Waals surface area contributed by atoms with E-state index >= 15 is 0 Å². The topological polar surface area (TPSA) is 68.0 Å². The van der Waals surface area contributed by atoms with Crippen LogP contribution in [-0.4, -0.2) is 26.0 Å². The molecule has 6 nitrogen and oxygen atoms in total. The van der Waals surface area contributed by atoms with Crippen molar-refractivity contribution in [1.82, 2.24) is 19.7 Å². The van der Waals surface area contributed by atoms with Crippen molar-refractivity contribution in [2.75, 3.05) is 5.43 Å². The van der Waals surface area contributed by atoms with Gasteiger partial charge in [-0.25, -0.2) is 5.43 Å². The van der Waals surface area contributed by atoms with Crippen LogP contribution in [0.3, 0.4) is 0 Å². The highest BCUT2D eigenvalue weighted by atomic mass is 15.4. The van der Waals surface area contributed by atoms with Gasteiger partial charge in [0.1, 0.15) is 5.52 Å². The number of anilines is 1. The van der Waals surface area contributed by atoms with Gasteiger partial charge in [0.05, 0.1) is 11.7 Å². The highest BCUT2D eigenvalue weighted by Gasteiger charge is 2.14. The van der Waals surface area contributed by atoms with Crippen molar-refractivity contribution < 1.29 is 0 Å². The predicted octanol–water partition coefficient (Wildman–Crippen LogP) is 4.14. The van der Waals surface area contributed by atoms with E-state index in [2.05, 4.69) is 62.3 Å². The van der Waals surface area contributed by atoms with E-state index in [-0.39, 0.29) is 0 Å². The van der Waals surface area contributed by atoms with E-state index in [9.17, 15) is 0 Å². The van der Waals surface area contributed by atoms with E-state index in [4.69, 9.17) is 0 Å². The van der Waals surface area contributed by atoms with Crippen molar-refractivity contribution in [1.29, 1.82) is 0 Å². The van der Waals surface area contributed by atoms with Crippen LogP contribution in [0, 0.1) is 6.92 Å². The molecule has 0 bridgehead atoms. The molecule has 0 saturated heterocycles. The normalized spacial score (nSPS) is 11.6. The van der Waals surface area contributed by atoms with Crippen LogP contribution in [0.1, 0.15) is 24.5 Å². The number of aryl methyl sites for hydroxylation is 2. The molecule has 6 heteroatoms. The second-order valence-corrected chi connectivity index (χ2v) is 6.26. The van der Waals surface area contributed by atoms with Crippen LogP contribution in [0.4, 0.5) is 5.95 Å². The van der Waals surface area contributed by atoms with E-state index in [1.54, 1.807) is 6.21 Å². The summed E-state index contributed by atoms with van der Waals surface area (Å²) in [6.07, 6.45) is 2.75. The fraction of sp³-hybridized carbons (Fsp3) is 0.200. The van der Waals surface area contributed by atoms with Crippen LogP contribution in [0.5, 0.6) is 0 Å². The molecule has 2 aromatic carbocycles. The molecule has 0 amide bonds. The predicted molar refractivity (Wildman–Crippen MR) is 106 cm³/mol. The maximum Gasteiger partial charge on any atom is 0.265 e. The summed E-state index contributed by atoms with van der Waals surface area (Å²) in [4.78, 5) is 4.66. The SMILES string of the molecule is CCCn1c2ccc(C)cc2c2nnc(N/N=C/c3ccccc3)nc21. The highest BCUT2D eigenvalue weighted by Crippen LogP contribution is 2.27. The number of nitrogens with one attached hydrogen (secondary N) is 1. The van der Waals surface area contributed by atoms with Crippen LogP contribution < -0.4 is 5.43 Å². The van der Waals surface area contributed by atoms with Crippen LogP contribution in [0.2, 0.25) is 0 Å². The van der Waals surface area contributed by atoms with Gasteiger partial charge in [-0.2, -0.15) is 10.1 Å². The summed E-state index contributed by atoms with van der Waals surface area (Å²) in [6.45, 7) is 5.12. The zero-order chi connectivity index (χ0) is 17.9. The third kappa shape index (κ3) is 3.01. The lowest BCUT2D eigenvalue weighted by Gasteiger charge is -2.04. The second-order valence-electron chi connectivity index (χ2n) is 6.26. The molecule has 26 heavy (non-hydrogen) atoms. The Hall–Kier alpha value is -3.28. The maximum atomic E-state index is 4.66. The highest BCUT2D eigenvalue weighted by molar-refractivity contribution is 6.04. The van der Waals surface area contributed by atoms with Gasteiger partial charge in [-0.3, -0.25) is 0 Å². The number of hydrogen-bond donors (Lipinski definition) is 1. The zero-order valence-corrected chi connectivity index (χ0v) is 14.8. The largest absolute Gasteiger partial charge is 0.324 e. The number of fused-ring (bicyclic) bond motifs is 3. The number of nitrogens with zero attached hydrogens (tertiary/aromatic N) is 5. The molecule has 4 aromatic rings. The second kappa shape index (κ2) is 6.92. The molecule has 0 aliphatic rings. The standard InChI is InChI=1S/C20H20N6/c1-3-11-26-17-10-9-14(2)12-16(17)18-19(26)22-20(25-23-18)24-21-13-15-7-5-4-6-8-15/h4-10,12-13H,3,11H2,1-2H3,(H,22,24,25)/b21-13+. The van der Waals surface area contributed by atoms with E-state index in [0.29, 0.717) is 5.95 Å². The molecule has 0 unspecified atom stereocenters. The molecule has 130 valence electrons. The first-order valence-corrected chi connectivity index (χ1v) is 8.73. The van der Waals surface area contributed by atoms with Crippen molar-refractivity contribution in [2.24, 2.45) is 5.10 Å². The van der Waals surface area contributed by atoms with Gasteiger partial charge < -0.3 is 4.57 Å². The first-order chi connectivity index (χ1) is 12.8. The molecule has 0 saturated carbocycles. The Bertz CT molecular complexity index is 1080. The summed E-state index contributed by atoms with van der Waals surface area (Å²) >= 11 is 0. The van der Waals surface area contributed by atoms with E-state index in [0.717, 1.165) is 40.6 Å². The van der Waals surface area contributed by atoms with Gasteiger partial charge in [0.25, 0.3) is 5.95 Å². The summed E-state index contributed by atoms with van der Waals surface area (Å²) in [5, 5.41) is 13.9. The summed E-state index contributed by atoms with van der Waals surface area (Å²) < 4.78 is 2.20. The minimum absolute atomic E-state index is 0.390. The number of aromatic nitrogens is 4. The first kappa shape index (κ1) is 16.2. The molecule has 4 rings (SSSR count). The Morgan fingerprint density at radius 1 is 1.12 bits per heavy atom. The Labute approximate surface area is 151 Å². The van der Waals surface area contributed by atoms with Crippen LogP contribution >= 0.6 is 0 Å². The maximum absolute atomic E-state index is 4.66. The molecule has 0 aliphatic carbocycles. The summed E-state index contributed by atoms with van der Waals surface area (Å²) in [5.41, 5.74) is 7.88. The third-order valence-corrected chi connectivity index (χ3v) is 4.25. The number of hydrazone groups is 1. The average molecular weight is 344 g/mol. The number of hydrogen-bond acceptors (Lipinski definition) is 5. The quantitative estimate of drug-likeness (QED) is 0.436. The molecular weight excluding hydrogens is 324 g/mol. The Morgan fingerprint density at radius 2 is 1.96 bits per heavy atom. The minimum atomic E-state index is 0.390. The lowest BCUT2D eigenvalue weighted by atomic mass is 10.2. The van der Waals surface area contributed by atoms with Gasteiger partial charge in [0, 0.05) is 11.9 Å². The number of rotatable bonds is 5. The fourth-order valence-corrected chi connectivity index (χ4v) is 3.07. The van der Waals surface area contributed by atoms with Gasteiger partial charge in [-0.15, -0.1) is 10.2 Å². The summed E-state index contributed by atoms with van der Waals surface area (Å²) in [6, 6.07) is 16.3. The lowest BCUT2D eigenvalue weighted by molar-refractivity contribution is 0.716. The van der Waals surface area contributed by atoms with Crippen molar-refractivity contribution in [2.45, 2.75) is 26.8 Å². The molecule has 0 fully saturated rings. The summed E-state index contributed by atoms with van der Waals surface area (Å²) in [7, 11) is 0. The van der Waals surface area contributed by atoms with Crippen molar-refractivity contribution >= 4 is 34.2 Å². The molecule has 0 atom stereocenters. The van der Waals surface area contributed by atoms with E-state index in [1.165, 1.54) is 5.56 Å². The van der Waals surface area contributed by atoms with E-state index < -0.39 is 0 Å². The zero-order valence-electron chi connectivity index (χ0n) is 14.8. The molecule has 0 radical (unpaired) electrons. The van der Waals surface area contributed by atoms with Crippen LogP contribution in [0.25, 0.3) is 22.1 Å². The van der Waals surface area contributed by atoms with Gasteiger partial charge >= 0.3 is 0 Å². The Morgan fingerprint density at radius 3 is 2.77 bits per heavy atom. The van der Waals surface area contributed by atoms with Crippen LogP contribution in [0.15, 0.2) is 53.6 Å². The lowest BCUT2D eigenvalue weighted by Crippen LogP contribution is -2.03. The molecule has 2 heterocycles. The molecule has 0 aliphatic heterocycles. The Balaban J connectivity index is 1.73. The fourth-order valence-electron chi connectivity index (χ4n) is 3.07. The van der Waals surface area contributed by atoms with Crippen molar-refractivity contribution in [3.63, 3.8) is 0 Å². The van der Waals surface area contributed by atoms with Crippen molar-refractivity contribution in [3.05, 3.63) is 59.7 Å². The summed E-state index contributed by atoms with van der Waals surface area (Å²) in [5.74, 6) is 0.390. The third-order valence-electron chi connectivity index (χ3n) is 4.25. The number of benzene rings is 2. The van der Waals surface area contributed by atoms with Gasteiger partial charge in [0.2, 0.25) is 0 Å². The van der Waals surface area contributed by atoms with Crippen LogP contribution in [-0.2, 0) is 6.54 Å². The average Bonchev–Trinajstić information content (AvgIpc) is 2.96. The Kier molecular flexibility index (Phi) is 4.31. The van der Waals surface area contributed by atoms with Crippen molar-refractivity contribution in [3.8, 4) is 0 Å². The molecule has 2 aromatic heterocycles. The van der Waals surface area contributed by atoms with Gasteiger partial charge in [-0.05, 0) is 31.0 Å². The molecule has 1 N–H and O–H groups in total. The first-order valence-electron chi connectivity index (χ1n) is 8.73.